The lowest BCUT2D eigenvalue weighted by molar-refractivity contribution is 0.237. The maximum atomic E-state index is 6.46. The molecule has 0 fully saturated rings. The fourth-order valence-electron chi connectivity index (χ4n) is 3.00. The first-order valence-electron chi connectivity index (χ1n) is 9.07. The molecule has 0 amide bonds. The molecule has 4 aromatic rings. The summed E-state index contributed by atoms with van der Waals surface area (Å²) < 4.78 is 11.8. The first kappa shape index (κ1) is 18.1. The van der Waals surface area contributed by atoms with Crippen LogP contribution in [-0.2, 0) is 0 Å². The summed E-state index contributed by atoms with van der Waals surface area (Å²) in [6, 6.07) is 28.3. The van der Waals surface area contributed by atoms with Gasteiger partial charge < -0.3 is 14.8 Å². The maximum Gasteiger partial charge on any atom is 0.196 e. The van der Waals surface area contributed by atoms with Crippen LogP contribution in [0.15, 0.2) is 95.7 Å². The molecule has 1 N–H and O–H groups in total. The number of benzene rings is 3. The van der Waals surface area contributed by atoms with Crippen molar-refractivity contribution in [1.29, 1.82) is 0 Å². The molecule has 140 valence electrons. The molecule has 0 bridgehead atoms. The highest BCUT2D eigenvalue weighted by Gasteiger charge is 2.17. The second-order valence-electron chi connectivity index (χ2n) is 6.30. The smallest absolute Gasteiger partial charge is 0.196 e. The third-order valence-electron chi connectivity index (χ3n) is 4.43. The van der Waals surface area contributed by atoms with E-state index in [1.54, 1.807) is 18.4 Å². The van der Waals surface area contributed by atoms with Gasteiger partial charge in [-0.3, -0.25) is 0 Å². The highest BCUT2D eigenvalue weighted by Crippen LogP contribution is 2.36. The van der Waals surface area contributed by atoms with Gasteiger partial charge >= 0.3 is 0 Å². The molecule has 0 radical (unpaired) electrons. The van der Waals surface area contributed by atoms with E-state index in [-0.39, 0.29) is 6.23 Å². The molecule has 3 aromatic carbocycles. The Morgan fingerprint density at radius 1 is 0.821 bits per heavy atom. The molecule has 4 rings (SSSR count). The molecule has 0 saturated heterocycles. The first-order valence-corrected chi connectivity index (χ1v) is 10.0. The molecular formula is C24H21NO2S. The van der Waals surface area contributed by atoms with Gasteiger partial charge in [0.15, 0.2) is 6.23 Å². The zero-order valence-electron chi connectivity index (χ0n) is 15.5. The van der Waals surface area contributed by atoms with Gasteiger partial charge in [0.25, 0.3) is 0 Å². The lowest BCUT2D eigenvalue weighted by atomic mass is 10.1. The van der Waals surface area contributed by atoms with E-state index in [0.717, 1.165) is 33.9 Å². The highest BCUT2D eigenvalue weighted by atomic mass is 32.1. The van der Waals surface area contributed by atoms with Gasteiger partial charge in [-0.25, -0.2) is 0 Å². The maximum absolute atomic E-state index is 6.46. The molecule has 0 aliphatic rings. The molecular weight excluding hydrogens is 366 g/mol. The number of ether oxygens (including phenoxy) is 2. The number of hydrogen-bond donors (Lipinski definition) is 1. The fraction of sp³-hybridized carbons (Fsp3) is 0.0833. The van der Waals surface area contributed by atoms with E-state index >= 15 is 0 Å². The molecule has 0 aliphatic heterocycles. The monoisotopic (exact) mass is 387 g/mol. The van der Waals surface area contributed by atoms with Crippen molar-refractivity contribution in [3.05, 3.63) is 101 Å². The Bertz CT molecular complexity index is 1010. The second-order valence-corrected chi connectivity index (χ2v) is 7.04. The lowest BCUT2D eigenvalue weighted by Crippen LogP contribution is -2.17. The van der Waals surface area contributed by atoms with Gasteiger partial charge in [0, 0.05) is 33.6 Å². The van der Waals surface area contributed by atoms with Crippen molar-refractivity contribution in [2.24, 2.45) is 0 Å². The van der Waals surface area contributed by atoms with Crippen LogP contribution in [-0.4, -0.2) is 7.11 Å². The van der Waals surface area contributed by atoms with Crippen LogP contribution in [0.4, 0.5) is 5.69 Å². The molecule has 28 heavy (non-hydrogen) atoms. The molecule has 0 spiro atoms. The number of methoxy groups -OCH3 is 1. The largest absolute Gasteiger partial charge is 0.497 e. The third kappa shape index (κ3) is 4.18. The summed E-state index contributed by atoms with van der Waals surface area (Å²) in [5.74, 6) is 1.66. The summed E-state index contributed by atoms with van der Waals surface area (Å²) in [6.45, 7) is 0. The van der Waals surface area contributed by atoms with Gasteiger partial charge in [-0.2, -0.15) is 0 Å². The number of hydrogen-bond acceptors (Lipinski definition) is 4. The minimum absolute atomic E-state index is 0.328. The van der Waals surface area contributed by atoms with Gasteiger partial charge in [0.2, 0.25) is 0 Å². The van der Waals surface area contributed by atoms with Crippen molar-refractivity contribution in [3.63, 3.8) is 0 Å². The zero-order chi connectivity index (χ0) is 19.2. The Kier molecular flexibility index (Phi) is 5.59. The predicted molar refractivity (Wildman–Crippen MR) is 116 cm³/mol. The van der Waals surface area contributed by atoms with Gasteiger partial charge in [-0.05, 0) is 17.7 Å². The van der Waals surface area contributed by atoms with Crippen LogP contribution < -0.4 is 14.8 Å². The second kappa shape index (κ2) is 8.63. The summed E-state index contributed by atoms with van der Waals surface area (Å²) in [4.78, 5) is 0. The minimum Gasteiger partial charge on any atom is -0.497 e. The van der Waals surface area contributed by atoms with E-state index in [2.05, 4.69) is 35.0 Å². The fourth-order valence-corrected chi connectivity index (χ4v) is 3.77. The van der Waals surface area contributed by atoms with E-state index < -0.39 is 0 Å². The molecule has 1 aromatic heterocycles. The SMILES string of the molecule is COc1cccc(NC(Oc2cscc2-c2ccccc2)c2ccccc2)c1. The summed E-state index contributed by atoms with van der Waals surface area (Å²) in [6.07, 6.45) is -0.328. The van der Waals surface area contributed by atoms with Crippen LogP contribution in [0.1, 0.15) is 11.8 Å². The molecule has 0 saturated carbocycles. The molecule has 0 aliphatic carbocycles. The van der Waals surface area contributed by atoms with Crippen LogP contribution >= 0.6 is 11.3 Å². The van der Waals surface area contributed by atoms with Crippen LogP contribution in [0.25, 0.3) is 11.1 Å². The number of nitrogens with one attached hydrogen (secondary N) is 1. The molecule has 4 heteroatoms. The summed E-state index contributed by atoms with van der Waals surface area (Å²) in [7, 11) is 1.67. The average Bonchev–Trinajstić information content (AvgIpc) is 3.23. The highest BCUT2D eigenvalue weighted by molar-refractivity contribution is 7.08. The van der Waals surface area contributed by atoms with Crippen LogP contribution in [0, 0.1) is 0 Å². The van der Waals surface area contributed by atoms with E-state index in [1.807, 2.05) is 66.0 Å². The standard InChI is InChI=1S/C24H21NO2S/c1-26-21-14-8-13-20(15-21)25-24(19-11-6-3-7-12-19)27-23-17-28-16-22(23)18-9-4-2-5-10-18/h2-17,24-25H,1H3. The minimum atomic E-state index is -0.328. The normalized spacial score (nSPS) is 11.6. The number of rotatable bonds is 7. The number of thiophene rings is 1. The van der Waals surface area contributed by atoms with E-state index in [9.17, 15) is 0 Å². The summed E-state index contributed by atoms with van der Waals surface area (Å²) >= 11 is 1.64. The predicted octanol–water partition coefficient (Wildman–Crippen LogP) is 6.61. The van der Waals surface area contributed by atoms with Gasteiger partial charge in [0.05, 0.1) is 7.11 Å². The number of anilines is 1. The van der Waals surface area contributed by atoms with Crippen LogP contribution in [0.2, 0.25) is 0 Å². The Labute approximate surface area is 169 Å². The van der Waals surface area contributed by atoms with Crippen molar-refractivity contribution in [1.82, 2.24) is 0 Å². The third-order valence-corrected chi connectivity index (χ3v) is 5.15. The molecule has 1 atom stereocenters. The van der Waals surface area contributed by atoms with Gasteiger partial charge in [-0.15, -0.1) is 11.3 Å². The van der Waals surface area contributed by atoms with Crippen LogP contribution in [0.3, 0.4) is 0 Å². The Morgan fingerprint density at radius 2 is 1.57 bits per heavy atom. The van der Waals surface area contributed by atoms with E-state index in [4.69, 9.17) is 9.47 Å². The summed E-state index contributed by atoms with van der Waals surface area (Å²) in [5.41, 5.74) is 4.23. The zero-order valence-corrected chi connectivity index (χ0v) is 16.4. The topological polar surface area (TPSA) is 30.5 Å². The van der Waals surface area contributed by atoms with Crippen molar-refractivity contribution in [2.75, 3.05) is 12.4 Å². The first-order chi connectivity index (χ1) is 13.8. The Balaban J connectivity index is 1.65. The van der Waals surface area contributed by atoms with Gasteiger partial charge in [-0.1, -0.05) is 66.7 Å². The van der Waals surface area contributed by atoms with Gasteiger partial charge in [0.1, 0.15) is 11.5 Å². The average molecular weight is 388 g/mol. The van der Waals surface area contributed by atoms with Crippen molar-refractivity contribution in [2.45, 2.75) is 6.23 Å². The molecule has 1 unspecified atom stereocenters. The van der Waals surface area contributed by atoms with Crippen LogP contribution in [0.5, 0.6) is 11.5 Å². The summed E-state index contributed by atoms with van der Waals surface area (Å²) in [5, 5.41) is 7.66. The van der Waals surface area contributed by atoms with Crippen molar-refractivity contribution < 1.29 is 9.47 Å². The van der Waals surface area contributed by atoms with Crippen molar-refractivity contribution in [3.8, 4) is 22.6 Å². The molecule has 3 nitrogen and oxygen atoms in total. The van der Waals surface area contributed by atoms with Crippen molar-refractivity contribution >= 4 is 17.0 Å². The Hall–Kier alpha value is -3.24. The van der Waals surface area contributed by atoms with E-state index in [1.165, 1.54) is 0 Å². The molecule has 1 heterocycles. The van der Waals surface area contributed by atoms with E-state index in [0.29, 0.717) is 0 Å². The quantitative estimate of drug-likeness (QED) is 0.362. The Morgan fingerprint density at radius 3 is 2.32 bits per heavy atom. The lowest BCUT2D eigenvalue weighted by Gasteiger charge is -2.22.